The van der Waals surface area contributed by atoms with Crippen LogP contribution in [0.1, 0.15) is 17.8 Å². The predicted octanol–water partition coefficient (Wildman–Crippen LogP) is 5.59. The van der Waals surface area contributed by atoms with Crippen LogP contribution in [0.25, 0.3) is 0 Å². The summed E-state index contributed by atoms with van der Waals surface area (Å²) in [5, 5.41) is 6.35. The highest BCUT2D eigenvalue weighted by atomic mass is 35.5. The van der Waals surface area contributed by atoms with E-state index in [0.29, 0.717) is 20.1 Å². The minimum Gasteiger partial charge on any atom is -0.331 e. The normalized spacial score (nSPS) is 12.0. The predicted molar refractivity (Wildman–Crippen MR) is 86.4 cm³/mol. The average Bonchev–Trinajstić information content (AvgIpc) is 2.80. The molecule has 1 atom stereocenters. The molecule has 20 heavy (non-hydrogen) atoms. The molecule has 0 spiro atoms. The molecular formula is C13H11Cl3N2OS. The van der Waals surface area contributed by atoms with E-state index in [0.717, 1.165) is 4.88 Å². The van der Waals surface area contributed by atoms with Gasteiger partial charge in [0.25, 0.3) is 0 Å². The maximum atomic E-state index is 11.9. The molecule has 0 aliphatic rings. The number of amides is 2. The maximum Gasteiger partial charge on any atom is 0.319 e. The standard InChI is InChI=1S/C13H11Cl3N2OS/c1-7(11-4-5-12(16)20-11)17-13(19)18-8-2-3-9(14)10(15)6-8/h2-7H,1H3,(H2,17,18,19)/t7-/m1/s1. The number of thiophene rings is 1. The minimum absolute atomic E-state index is 0.129. The highest BCUT2D eigenvalue weighted by Gasteiger charge is 2.12. The Balaban J connectivity index is 1.96. The van der Waals surface area contributed by atoms with Crippen molar-refractivity contribution < 1.29 is 4.79 Å². The molecule has 0 aliphatic carbocycles. The number of rotatable bonds is 3. The van der Waals surface area contributed by atoms with Gasteiger partial charge in [0.1, 0.15) is 0 Å². The van der Waals surface area contributed by atoms with Crippen LogP contribution >= 0.6 is 46.1 Å². The second kappa shape index (κ2) is 6.68. The average molecular weight is 350 g/mol. The van der Waals surface area contributed by atoms with E-state index < -0.39 is 0 Å². The summed E-state index contributed by atoms with van der Waals surface area (Å²) in [5.41, 5.74) is 0.577. The van der Waals surface area contributed by atoms with Crippen molar-refractivity contribution in [1.82, 2.24) is 5.32 Å². The van der Waals surface area contributed by atoms with E-state index in [-0.39, 0.29) is 12.1 Å². The molecule has 0 bridgehead atoms. The molecule has 1 aromatic heterocycles. The summed E-state index contributed by atoms with van der Waals surface area (Å²) in [6.45, 7) is 1.89. The third-order valence-electron chi connectivity index (χ3n) is 2.55. The summed E-state index contributed by atoms with van der Waals surface area (Å²) in [5.74, 6) is 0. The van der Waals surface area contributed by atoms with Gasteiger partial charge in [-0.25, -0.2) is 4.79 Å². The first-order valence-corrected chi connectivity index (χ1v) is 7.68. The molecule has 2 aromatic rings. The molecule has 0 aliphatic heterocycles. The van der Waals surface area contributed by atoms with Crippen molar-refractivity contribution in [2.75, 3.05) is 5.32 Å². The zero-order valence-electron chi connectivity index (χ0n) is 10.4. The lowest BCUT2D eigenvalue weighted by atomic mass is 10.3. The van der Waals surface area contributed by atoms with E-state index >= 15 is 0 Å². The van der Waals surface area contributed by atoms with Crippen LogP contribution in [0.15, 0.2) is 30.3 Å². The van der Waals surface area contributed by atoms with Crippen LogP contribution < -0.4 is 10.6 Å². The number of carbonyl (C=O) groups is 1. The van der Waals surface area contributed by atoms with Gasteiger partial charge in [-0.2, -0.15) is 0 Å². The van der Waals surface area contributed by atoms with Gasteiger partial charge in [-0.1, -0.05) is 34.8 Å². The van der Waals surface area contributed by atoms with Crippen LogP contribution in [-0.4, -0.2) is 6.03 Å². The Bertz CT molecular complexity index is 630. The van der Waals surface area contributed by atoms with Crippen molar-refractivity contribution in [2.24, 2.45) is 0 Å². The zero-order chi connectivity index (χ0) is 14.7. The number of nitrogens with one attached hydrogen (secondary N) is 2. The maximum absolute atomic E-state index is 11.9. The van der Waals surface area contributed by atoms with Gasteiger partial charge in [-0.3, -0.25) is 0 Å². The van der Waals surface area contributed by atoms with E-state index in [1.165, 1.54) is 11.3 Å². The lowest BCUT2D eigenvalue weighted by Crippen LogP contribution is -2.30. The molecule has 0 saturated heterocycles. The first-order valence-electron chi connectivity index (χ1n) is 5.73. The second-order valence-corrected chi connectivity index (χ2v) is 6.65. The first-order chi connectivity index (χ1) is 9.45. The molecule has 0 unspecified atom stereocenters. The summed E-state index contributed by atoms with van der Waals surface area (Å²) in [4.78, 5) is 12.9. The van der Waals surface area contributed by atoms with Crippen molar-refractivity contribution in [1.29, 1.82) is 0 Å². The minimum atomic E-state index is -0.319. The number of hydrogen-bond acceptors (Lipinski definition) is 2. The van der Waals surface area contributed by atoms with Crippen molar-refractivity contribution in [2.45, 2.75) is 13.0 Å². The smallest absolute Gasteiger partial charge is 0.319 e. The van der Waals surface area contributed by atoms with Crippen LogP contribution in [-0.2, 0) is 0 Å². The molecule has 0 saturated carbocycles. The fourth-order valence-corrected chi connectivity index (χ4v) is 2.93. The van der Waals surface area contributed by atoms with E-state index in [1.807, 2.05) is 13.0 Å². The quantitative estimate of drug-likeness (QED) is 0.745. The molecule has 1 heterocycles. The molecule has 7 heteroatoms. The van der Waals surface area contributed by atoms with Crippen LogP contribution in [0.4, 0.5) is 10.5 Å². The Morgan fingerprint density at radius 2 is 1.90 bits per heavy atom. The number of anilines is 1. The molecule has 1 aromatic carbocycles. The fraction of sp³-hybridized carbons (Fsp3) is 0.154. The number of urea groups is 1. The summed E-state index contributed by atoms with van der Waals surface area (Å²) < 4.78 is 0.693. The fourth-order valence-electron chi connectivity index (χ4n) is 1.57. The lowest BCUT2D eigenvalue weighted by Gasteiger charge is -2.13. The third-order valence-corrected chi connectivity index (χ3v) is 4.70. The summed E-state index contributed by atoms with van der Waals surface area (Å²) >= 11 is 19.0. The van der Waals surface area contributed by atoms with Gasteiger partial charge in [0.2, 0.25) is 0 Å². The first kappa shape index (κ1) is 15.4. The van der Waals surface area contributed by atoms with E-state index in [9.17, 15) is 4.79 Å². The Kier molecular flexibility index (Phi) is 5.16. The van der Waals surface area contributed by atoms with E-state index in [1.54, 1.807) is 24.3 Å². The van der Waals surface area contributed by atoms with Gasteiger partial charge < -0.3 is 10.6 Å². The van der Waals surface area contributed by atoms with Crippen LogP contribution in [0.5, 0.6) is 0 Å². The van der Waals surface area contributed by atoms with Gasteiger partial charge in [0.15, 0.2) is 0 Å². The largest absolute Gasteiger partial charge is 0.331 e. The molecule has 2 rings (SSSR count). The van der Waals surface area contributed by atoms with Crippen molar-refractivity contribution in [3.05, 3.63) is 49.6 Å². The van der Waals surface area contributed by atoms with Gasteiger partial charge in [0, 0.05) is 10.6 Å². The molecule has 3 nitrogen and oxygen atoms in total. The summed E-state index contributed by atoms with van der Waals surface area (Å²) in [7, 11) is 0. The topological polar surface area (TPSA) is 41.1 Å². The Labute approximate surface area is 135 Å². The van der Waals surface area contributed by atoms with Gasteiger partial charge >= 0.3 is 6.03 Å². The Morgan fingerprint density at radius 1 is 1.15 bits per heavy atom. The van der Waals surface area contributed by atoms with Crippen molar-refractivity contribution in [3.63, 3.8) is 0 Å². The van der Waals surface area contributed by atoms with Crippen LogP contribution in [0, 0.1) is 0 Å². The van der Waals surface area contributed by atoms with Crippen molar-refractivity contribution in [3.8, 4) is 0 Å². The molecular weight excluding hydrogens is 339 g/mol. The molecule has 2 N–H and O–H groups in total. The van der Waals surface area contributed by atoms with E-state index in [4.69, 9.17) is 34.8 Å². The van der Waals surface area contributed by atoms with Crippen molar-refractivity contribution >= 4 is 57.9 Å². The highest BCUT2D eigenvalue weighted by molar-refractivity contribution is 7.16. The monoisotopic (exact) mass is 348 g/mol. The molecule has 2 amide bonds. The zero-order valence-corrected chi connectivity index (χ0v) is 13.5. The van der Waals surface area contributed by atoms with Gasteiger partial charge in [0.05, 0.1) is 20.4 Å². The number of carbonyl (C=O) groups excluding carboxylic acids is 1. The Hall–Kier alpha value is -0.940. The molecule has 0 fully saturated rings. The highest BCUT2D eigenvalue weighted by Crippen LogP contribution is 2.27. The Morgan fingerprint density at radius 3 is 2.50 bits per heavy atom. The number of hydrogen-bond donors (Lipinski definition) is 2. The molecule has 0 radical (unpaired) electrons. The summed E-state index contributed by atoms with van der Waals surface area (Å²) in [6.07, 6.45) is 0. The number of halogens is 3. The van der Waals surface area contributed by atoms with Crippen LogP contribution in [0.3, 0.4) is 0 Å². The third kappa shape index (κ3) is 4.03. The number of benzene rings is 1. The van der Waals surface area contributed by atoms with Gasteiger partial charge in [-0.15, -0.1) is 11.3 Å². The SMILES string of the molecule is C[C@@H](NC(=O)Nc1ccc(Cl)c(Cl)c1)c1ccc(Cl)s1. The lowest BCUT2D eigenvalue weighted by molar-refractivity contribution is 0.249. The second-order valence-electron chi connectivity index (χ2n) is 4.09. The van der Waals surface area contributed by atoms with Gasteiger partial charge in [-0.05, 0) is 37.3 Å². The van der Waals surface area contributed by atoms with Crippen LogP contribution in [0.2, 0.25) is 14.4 Å². The van der Waals surface area contributed by atoms with E-state index in [2.05, 4.69) is 10.6 Å². The summed E-state index contributed by atoms with van der Waals surface area (Å²) in [6, 6.07) is 8.14. The molecule has 106 valence electrons.